The summed E-state index contributed by atoms with van der Waals surface area (Å²) in [5, 5.41) is 9.39. The van der Waals surface area contributed by atoms with Gasteiger partial charge in [0.25, 0.3) is 0 Å². The van der Waals surface area contributed by atoms with Crippen LogP contribution in [0.4, 0.5) is 0 Å². The van der Waals surface area contributed by atoms with E-state index in [9.17, 15) is 13.5 Å². The van der Waals surface area contributed by atoms with E-state index in [0.29, 0.717) is 19.5 Å². The van der Waals surface area contributed by atoms with Crippen LogP contribution in [-0.4, -0.2) is 43.3 Å². The van der Waals surface area contributed by atoms with Gasteiger partial charge in [-0.05, 0) is 31.1 Å². The smallest absolute Gasteiger partial charge is 0.214 e. The molecule has 100 valence electrons. The molecule has 0 aromatic heterocycles. The second-order valence-electron chi connectivity index (χ2n) is 4.80. The van der Waals surface area contributed by atoms with Crippen LogP contribution in [0.5, 0.6) is 0 Å². The fraction of sp³-hybridized carbons (Fsp3) is 0.833. The Morgan fingerprint density at radius 3 is 2.41 bits per heavy atom. The molecule has 1 heterocycles. The van der Waals surface area contributed by atoms with Gasteiger partial charge in [-0.2, -0.15) is 0 Å². The maximum Gasteiger partial charge on any atom is 0.214 e. The molecule has 0 spiro atoms. The Labute approximate surface area is 104 Å². The van der Waals surface area contributed by atoms with Gasteiger partial charge >= 0.3 is 0 Å². The molecular formula is C12H23NO3S. The van der Waals surface area contributed by atoms with E-state index in [1.54, 1.807) is 10.4 Å². The number of aliphatic hydroxyl groups is 1. The van der Waals surface area contributed by atoms with Gasteiger partial charge in [0.1, 0.15) is 0 Å². The number of rotatable bonds is 6. The van der Waals surface area contributed by atoms with E-state index in [0.717, 1.165) is 19.3 Å². The second-order valence-corrected chi connectivity index (χ2v) is 6.89. The summed E-state index contributed by atoms with van der Waals surface area (Å²) in [4.78, 5) is 0. The van der Waals surface area contributed by atoms with Crippen molar-refractivity contribution < 1.29 is 13.5 Å². The lowest BCUT2D eigenvalue weighted by molar-refractivity contribution is 0.0648. The van der Waals surface area contributed by atoms with Gasteiger partial charge in [0.05, 0.1) is 5.75 Å². The highest BCUT2D eigenvalue weighted by molar-refractivity contribution is 7.89. The third kappa shape index (κ3) is 3.53. The first-order valence-corrected chi connectivity index (χ1v) is 7.80. The molecule has 5 heteroatoms. The lowest BCUT2D eigenvalue weighted by atomic mass is 9.77. The van der Waals surface area contributed by atoms with Gasteiger partial charge in [0.15, 0.2) is 0 Å². The molecule has 0 saturated carbocycles. The highest BCUT2D eigenvalue weighted by Gasteiger charge is 2.35. The second kappa shape index (κ2) is 5.98. The first-order chi connectivity index (χ1) is 7.99. The predicted octanol–water partition coefficient (Wildman–Crippen LogP) is 1.38. The fourth-order valence-electron chi connectivity index (χ4n) is 2.22. The standard InChI is InChI=1S/C12H23NO3S/c1-3-5-10-17(15,16)13-8-6-12(4-2,11-14)7-9-13/h3,14H,1,4-11H2,2H3. The van der Waals surface area contributed by atoms with E-state index < -0.39 is 10.0 Å². The predicted molar refractivity (Wildman–Crippen MR) is 69.2 cm³/mol. The van der Waals surface area contributed by atoms with E-state index in [2.05, 4.69) is 13.5 Å². The van der Waals surface area contributed by atoms with Crippen LogP contribution >= 0.6 is 0 Å². The molecule has 0 atom stereocenters. The summed E-state index contributed by atoms with van der Waals surface area (Å²) in [6, 6.07) is 0. The number of nitrogens with zero attached hydrogens (tertiary/aromatic N) is 1. The Morgan fingerprint density at radius 2 is 2.00 bits per heavy atom. The van der Waals surface area contributed by atoms with Crippen molar-refractivity contribution >= 4 is 10.0 Å². The van der Waals surface area contributed by atoms with Crippen molar-refractivity contribution in [3.05, 3.63) is 12.7 Å². The number of sulfonamides is 1. The fourth-order valence-corrected chi connectivity index (χ4v) is 3.69. The molecule has 0 bridgehead atoms. The Kier molecular flexibility index (Phi) is 5.16. The average molecular weight is 261 g/mol. The molecule has 1 rings (SSSR count). The van der Waals surface area contributed by atoms with Gasteiger partial charge in [-0.15, -0.1) is 6.58 Å². The molecule has 0 aromatic rings. The van der Waals surface area contributed by atoms with Gasteiger partial charge in [0.2, 0.25) is 10.0 Å². The van der Waals surface area contributed by atoms with Crippen molar-refractivity contribution in [2.45, 2.75) is 32.6 Å². The summed E-state index contributed by atoms with van der Waals surface area (Å²) in [5.41, 5.74) is -0.0650. The quantitative estimate of drug-likeness (QED) is 0.735. The zero-order valence-electron chi connectivity index (χ0n) is 10.6. The largest absolute Gasteiger partial charge is 0.396 e. The molecule has 1 saturated heterocycles. The molecule has 4 nitrogen and oxygen atoms in total. The van der Waals surface area contributed by atoms with Crippen LogP contribution in [0.3, 0.4) is 0 Å². The first-order valence-electron chi connectivity index (χ1n) is 6.19. The number of piperidine rings is 1. The van der Waals surface area contributed by atoms with Crippen LogP contribution in [0.15, 0.2) is 12.7 Å². The van der Waals surface area contributed by atoms with E-state index in [1.807, 2.05) is 0 Å². The minimum absolute atomic E-state index is 0.0650. The molecule has 0 amide bonds. The van der Waals surface area contributed by atoms with E-state index in [1.165, 1.54) is 0 Å². The summed E-state index contributed by atoms with van der Waals surface area (Å²) in [6.07, 6.45) is 4.55. The number of hydrogen-bond donors (Lipinski definition) is 1. The molecule has 0 radical (unpaired) electrons. The van der Waals surface area contributed by atoms with Crippen molar-refractivity contribution in [2.75, 3.05) is 25.4 Å². The molecule has 0 aromatic carbocycles. The van der Waals surface area contributed by atoms with Gasteiger partial charge in [0, 0.05) is 19.7 Å². The maximum absolute atomic E-state index is 11.9. The Morgan fingerprint density at radius 1 is 1.41 bits per heavy atom. The van der Waals surface area contributed by atoms with Crippen LogP contribution in [0.1, 0.15) is 32.6 Å². The minimum atomic E-state index is -3.13. The molecule has 1 N–H and O–H groups in total. The molecule has 1 aliphatic rings. The highest BCUT2D eigenvalue weighted by Crippen LogP contribution is 2.35. The number of hydrogen-bond acceptors (Lipinski definition) is 3. The van der Waals surface area contributed by atoms with Crippen LogP contribution < -0.4 is 0 Å². The van der Waals surface area contributed by atoms with Crippen LogP contribution in [0.2, 0.25) is 0 Å². The summed E-state index contributed by atoms with van der Waals surface area (Å²) >= 11 is 0. The molecular weight excluding hydrogens is 238 g/mol. The average Bonchev–Trinajstić information content (AvgIpc) is 2.36. The molecule has 1 fully saturated rings. The van der Waals surface area contributed by atoms with Crippen LogP contribution in [-0.2, 0) is 10.0 Å². The maximum atomic E-state index is 11.9. The SMILES string of the molecule is C=CCCS(=O)(=O)N1CCC(CC)(CO)CC1. The highest BCUT2D eigenvalue weighted by atomic mass is 32.2. The van der Waals surface area contributed by atoms with Crippen molar-refractivity contribution in [3.8, 4) is 0 Å². The molecule has 1 aliphatic heterocycles. The number of allylic oxidation sites excluding steroid dienone is 1. The molecule has 17 heavy (non-hydrogen) atoms. The Bertz CT molecular complexity index is 337. The minimum Gasteiger partial charge on any atom is -0.396 e. The van der Waals surface area contributed by atoms with Crippen LogP contribution in [0.25, 0.3) is 0 Å². The van der Waals surface area contributed by atoms with Crippen LogP contribution in [0, 0.1) is 5.41 Å². The Hall–Kier alpha value is -0.390. The molecule has 0 aliphatic carbocycles. The molecule has 0 unspecified atom stereocenters. The topological polar surface area (TPSA) is 57.6 Å². The Balaban J connectivity index is 2.60. The summed E-state index contributed by atoms with van der Waals surface area (Å²) in [5.74, 6) is 0.148. The van der Waals surface area contributed by atoms with Gasteiger partial charge < -0.3 is 5.11 Å². The summed E-state index contributed by atoms with van der Waals surface area (Å²) < 4.78 is 25.5. The lowest BCUT2D eigenvalue weighted by Crippen LogP contribution is -2.45. The van der Waals surface area contributed by atoms with Crippen molar-refractivity contribution in [1.29, 1.82) is 0 Å². The van der Waals surface area contributed by atoms with Crippen molar-refractivity contribution in [3.63, 3.8) is 0 Å². The first kappa shape index (κ1) is 14.7. The van der Waals surface area contributed by atoms with Gasteiger partial charge in [-0.1, -0.05) is 13.0 Å². The lowest BCUT2D eigenvalue weighted by Gasteiger charge is -2.39. The zero-order chi connectivity index (χ0) is 12.9. The zero-order valence-corrected chi connectivity index (χ0v) is 11.4. The monoisotopic (exact) mass is 261 g/mol. The van der Waals surface area contributed by atoms with Gasteiger partial charge in [-0.3, -0.25) is 0 Å². The third-order valence-corrected chi connectivity index (χ3v) is 5.75. The van der Waals surface area contributed by atoms with Crippen molar-refractivity contribution in [1.82, 2.24) is 4.31 Å². The third-order valence-electron chi connectivity index (χ3n) is 3.84. The van der Waals surface area contributed by atoms with E-state index in [-0.39, 0.29) is 17.8 Å². The van der Waals surface area contributed by atoms with Gasteiger partial charge in [-0.25, -0.2) is 12.7 Å². The summed E-state index contributed by atoms with van der Waals surface area (Å²) in [6.45, 7) is 6.82. The summed E-state index contributed by atoms with van der Waals surface area (Å²) in [7, 11) is -3.13. The van der Waals surface area contributed by atoms with Crippen molar-refractivity contribution in [2.24, 2.45) is 5.41 Å². The number of aliphatic hydroxyl groups excluding tert-OH is 1. The van der Waals surface area contributed by atoms with E-state index >= 15 is 0 Å². The van der Waals surface area contributed by atoms with E-state index in [4.69, 9.17) is 0 Å². The normalized spacial score (nSPS) is 21.3.